The van der Waals surface area contributed by atoms with Crippen molar-refractivity contribution in [3.05, 3.63) is 59.1 Å². The van der Waals surface area contributed by atoms with E-state index in [9.17, 15) is 9.59 Å². The van der Waals surface area contributed by atoms with E-state index in [4.69, 9.17) is 16.3 Å². The summed E-state index contributed by atoms with van der Waals surface area (Å²) in [6.45, 7) is 3.12. The van der Waals surface area contributed by atoms with Gasteiger partial charge in [-0.1, -0.05) is 29.8 Å². The van der Waals surface area contributed by atoms with Crippen LogP contribution in [0.1, 0.15) is 10.4 Å². The zero-order valence-electron chi connectivity index (χ0n) is 14.2. The molecule has 2 aromatic carbocycles. The first-order valence-corrected chi connectivity index (χ1v) is 8.75. The minimum Gasteiger partial charge on any atom is -0.379 e. The van der Waals surface area contributed by atoms with Crippen LogP contribution in [0.5, 0.6) is 0 Å². The van der Waals surface area contributed by atoms with Crippen LogP contribution >= 0.6 is 11.6 Å². The number of hydrogen-bond donors (Lipinski definition) is 2. The fourth-order valence-electron chi connectivity index (χ4n) is 2.68. The van der Waals surface area contributed by atoms with E-state index in [0.29, 0.717) is 41.7 Å². The predicted molar refractivity (Wildman–Crippen MR) is 102 cm³/mol. The van der Waals surface area contributed by atoms with Crippen LogP contribution in [-0.2, 0) is 9.53 Å². The Morgan fingerprint density at radius 1 is 1.00 bits per heavy atom. The van der Waals surface area contributed by atoms with Crippen molar-refractivity contribution in [2.75, 3.05) is 43.5 Å². The van der Waals surface area contributed by atoms with Gasteiger partial charge < -0.3 is 15.4 Å². The first-order valence-electron chi connectivity index (χ1n) is 8.38. The quantitative estimate of drug-likeness (QED) is 0.845. The van der Waals surface area contributed by atoms with E-state index in [0.717, 1.165) is 13.1 Å². The average Bonchev–Trinajstić information content (AvgIpc) is 2.63. The summed E-state index contributed by atoms with van der Waals surface area (Å²) in [4.78, 5) is 26.6. The summed E-state index contributed by atoms with van der Waals surface area (Å²) in [7, 11) is 0. The molecule has 136 valence electrons. The normalized spacial score (nSPS) is 14.7. The molecule has 0 radical (unpaired) electrons. The molecule has 1 saturated heterocycles. The number of nitrogens with one attached hydrogen (secondary N) is 2. The lowest BCUT2D eigenvalue weighted by molar-refractivity contribution is -0.118. The second-order valence-electron chi connectivity index (χ2n) is 5.95. The maximum Gasteiger partial charge on any atom is 0.257 e. The molecule has 0 atom stereocenters. The number of morpholine rings is 1. The van der Waals surface area contributed by atoms with Crippen LogP contribution < -0.4 is 10.6 Å². The topological polar surface area (TPSA) is 70.7 Å². The maximum atomic E-state index is 12.3. The van der Waals surface area contributed by atoms with Crippen LogP contribution in [0.4, 0.5) is 11.4 Å². The number of rotatable bonds is 5. The van der Waals surface area contributed by atoms with Gasteiger partial charge in [0.05, 0.1) is 30.3 Å². The van der Waals surface area contributed by atoms with Crippen molar-refractivity contribution in [3.63, 3.8) is 0 Å². The Morgan fingerprint density at radius 3 is 2.42 bits per heavy atom. The van der Waals surface area contributed by atoms with Crippen LogP contribution in [0.25, 0.3) is 0 Å². The summed E-state index contributed by atoms with van der Waals surface area (Å²) < 4.78 is 5.27. The highest BCUT2D eigenvalue weighted by molar-refractivity contribution is 6.34. The van der Waals surface area contributed by atoms with Gasteiger partial charge in [0.25, 0.3) is 5.91 Å². The third-order valence-electron chi connectivity index (χ3n) is 3.99. The number of benzene rings is 2. The molecular formula is C19H20ClN3O3. The van der Waals surface area contributed by atoms with Gasteiger partial charge in [-0.25, -0.2) is 0 Å². The summed E-state index contributed by atoms with van der Waals surface area (Å²) in [5, 5.41) is 6.04. The van der Waals surface area contributed by atoms with E-state index in [1.54, 1.807) is 48.5 Å². The highest BCUT2D eigenvalue weighted by Crippen LogP contribution is 2.19. The number of carbonyl (C=O) groups excluding carboxylic acids is 2. The number of anilines is 2. The number of carbonyl (C=O) groups is 2. The molecule has 0 unspecified atom stereocenters. The molecule has 6 nitrogen and oxygen atoms in total. The van der Waals surface area contributed by atoms with Gasteiger partial charge >= 0.3 is 0 Å². The van der Waals surface area contributed by atoms with Gasteiger partial charge in [-0.3, -0.25) is 14.5 Å². The predicted octanol–water partition coefficient (Wildman–Crippen LogP) is 2.86. The minimum absolute atomic E-state index is 0.0959. The van der Waals surface area contributed by atoms with E-state index < -0.39 is 0 Å². The number of halogens is 1. The van der Waals surface area contributed by atoms with Crippen LogP contribution in [0.3, 0.4) is 0 Å². The minimum atomic E-state index is -0.299. The highest BCUT2D eigenvalue weighted by atomic mass is 35.5. The third kappa shape index (κ3) is 5.05. The molecule has 2 N–H and O–H groups in total. The third-order valence-corrected chi connectivity index (χ3v) is 4.32. The van der Waals surface area contributed by atoms with Crippen molar-refractivity contribution in [2.24, 2.45) is 0 Å². The Balaban J connectivity index is 1.60. The van der Waals surface area contributed by atoms with E-state index in [-0.39, 0.29) is 11.8 Å². The lowest BCUT2D eigenvalue weighted by Gasteiger charge is -2.25. The Bertz CT molecular complexity index is 791. The van der Waals surface area contributed by atoms with Crippen molar-refractivity contribution in [3.8, 4) is 0 Å². The summed E-state index contributed by atoms with van der Waals surface area (Å²) in [6, 6.07) is 13.9. The van der Waals surface area contributed by atoms with E-state index >= 15 is 0 Å². The number of ether oxygens (including phenoxy) is 1. The zero-order chi connectivity index (χ0) is 18.4. The number of nitrogens with zero attached hydrogens (tertiary/aromatic N) is 1. The van der Waals surface area contributed by atoms with Crippen molar-refractivity contribution < 1.29 is 14.3 Å². The van der Waals surface area contributed by atoms with Crippen molar-refractivity contribution in [2.45, 2.75) is 0 Å². The van der Waals surface area contributed by atoms with Gasteiger partial charge in [0.1, 0.15) is 0 Å². The van der Waals surface area contributed by atoms with Crippen LogP contribution in [-0.4, -0.2) is 49.6 Å². The zero-order valence-corrected chi connectivity index (χ0v) is 15.0. The Morgan fingerprint density at radius 2 is 1.69 bits per heavy atom. The standard InChI is InChI=1S/C19H20ClN3O3/c20-17-7-2-1-6-16(17)19(25)22-15-5-3-4-14(12-15)21-18(24)13-23-8-10-26-11-9-23/h1-7,12H,8-11,13H2,(H,21,24)(H,22,25). The van der Waals surface area contributed by atoms with Crippen LogP contribution in [0, 0.1) is 0 Å². The molecule has 0 aromatic heterocycles. The van der Waals surface area contributed by atoms with Crippen molar-refractivity contribution in [1.82, 2.24) is 4.90 Å². The number of amides is 2. The summed E-state index contributed by atoms with van der Waals surface area (Å²) >= 11 is 6.05. The molecule has 0 saturated carbocycles. The fourth-order valence-corrected chi connectivity index (χ4v) is 2.90. The first kappa shape index (κ1) is 18.4. The largest absolute Gasteiger partial charge is 0.379 e. The molecule has 26 heavy (non-hydrogen) atoms. The van der Waals surface area contributed by atoms with Gasteiger partial charge in [-0.05, 0) is 30.3 Å². The average molecular weight is 374 g/mol. The molecule has 1 heterocycles. The Kier molecular flexibility index (Phi) is 6.22. The lowest BCUT2D eigenvalue weighted by Crippen LogP contribution is -2.41. The lowest BCUT2D eigenvalue weighted by atomic mass is 10.2. The molecule has 2 aromatic rings. The summed E-state index contributed by atoms with van der Waals surface area (Å²) in [5.41, 5.74) is 1.61. The molecule has 1 aliphatic rings. The van der Waals surface area contributed by atoms with Gasteiger partial charge in [-0.2, -0.15) is 0 Å². The SMILES string of the molecule is O=C(CN1CCOCC1)Nc1cccc(NC(=O)c2ccccc2Cl)c1. The molecule has 1 fully saturated rings. The summed E-state index contributed by atoms with van der Waals surface area (Å²) in [5.74, 6) is -0.395. The Labute approximate surface area is 157 Å². The Hall–Kier alpha value is -2.41. The second kappa shape index (κ2) is 8.80. The molecule has 2 amide bonds. The molecular weight excluding hydrogens is 354 g/mol. The smallest absolute Gasteiger partial charge is 0.257 e. The van der Waals surface area contributed by atoms with Gasteiger partial charge in [0.15, 0.2) is 0 Å². The van der Waals surface area contributed by atoms with Crippen LogP contribution in [0.2, 0.25) is 5.02 Å². The first-order chi connectivity index (χ1) is 12.6. The van der Waals surface area contributed by atoms with E-state index in [1.807, 2.05) is 4.90 Å². The fraction of sp³-hybridized carbons (Fsp3) is 0.263. The van der Waals surface area contributed by atoms with E-state index in [1.165, 1.54) is 0 Å². The van der Waals surface area contributed by atoms with Crippen LogP contribution in [0.15, 0.2) is 48.5 Å². The molecule has 3 rings (SSSR count). The van der Waals surface area contributed by atoms with E-state index in [2.05, 4.69) is 10.6 Å². The van der Waals surface area contributed by atoms with Crippen molar-refractivity contribution in [1.29, 1.82) is 0 Å². The maximum absolute atomic E-state index is 12.3. The number of hydrogen-bond acceptors (Lipinski definition) is 4. The monoisotopic (exact) mass is 373 g/mol. The van der Waals surface area contributed by atoms with Gasteiger partial charge in [0.2, 0.25) is 5.91 Å². The molecule has 0 aliphatic carbocycles. The molecule has 0 bridgehead atoms. The highest BCUT2D eigenvalue weighted by Gasteiger charge is 2.14. The molecule has 0 spiro atoms. The van der Waals surface area contributed by atoms with Gasteiger partial charge in [0, 0.05) is 24.5 Å². The van der Waals surface area contributed by atoms with Gasteiger partial charge in [-0.15, -0.1) is 0 Å². The van der Waals surface area contributed by atoms with Crippen molar-refractivity contribution >= 4 is 34.8 Å². The summed E-state index contributed by atoms with van der Waals surface area (Å²) in [6.07, 6.45) is 0. The molecule has 7 heteroatoms. The molecule has 1 aliphatic heterocycles. The second-order valence-corrected chi connectivity index (χ2v) is 6.36.